The lowest BCUT2D eigenvalue weighted by molar-refractivity contribution is -0.142. The maximum atomic E-state index is 12.1. The lowest BCUT2D eigenvalue weighted by Crippen LogP contribution is -2.32. The Balaban J connectivity index is 2.10. The number of aryl methyl sites for hydroxylation is 2. The monoisotopic (exact) mass is 374 g/mol. The molecule has 2 heterocycles. The Morgan fingerprint density at radius 3 is 1.63 bits per heavy atom. The van der Waals surface area contributed by atoms with Crippen LogP contribution in [0.5, 0.6) is 0 Å². The summed E-state index contributed by atoms with van der Waals surface area (Å²) >= 11 is 0. The van der Waals surface area contributed by atoms with Gasteiger partial charge in [-0.1, -0.05) is 52.4 Å². The van der Waals surface area contributed by atoms with E-state index in [1.54, 1.807) is 19.1 Å². The van der Waals surface area contributed by atoms with Gasteiger partial charge in [-0.05, 0) is 44.0 Å². The fraction of sp³-hybridized carbons (Fsp3) is 0.609. The Labute approximate surface area is 163 Å². The molecular formula is C23H34O4. The van der Waals surface area contributed by atoms with Crippen molar-refractivity contribution in [3.8, 4) is 0 Å². The first-order chi connectivity index (χ1) is 13.0. The van der Waals surface area contributed by atoms with E-state index in [0.717, 1.165) is 37.2 Å². The zero-order valence-electron chi connectivity index (χ0n) is 17.1. The van der Waals surface area contributed by atoms with Crippen LogP contribution in [0, 0.1) is 0 Å². The molecule has 0 amide bonds. The summed E-state index contributed by atoms with van der Waals surface area (Å²) in [5, 5.41) is 9.93. The molecule has 0 atom stereocenters. The number of furan rings is 2. The first-order valence-corrected chi connectivity index (χ1v) is 10.4. The van der Waals surface area contributed by atoms with E-state index in [4.69, 9.17) is 8.83 Å². The summed E-state index contributed by atoms with van der Waals surface area (Å²) in [5.41, 5.74) is -1.30. The van der Waals surface area contributed by atoms with E-state index in [1.807, 2.05) is 12.1 Å². The Morgan fingerprint density at radius 1 is 0.815 bits per heavy atom. The highest BCUT2D eigenvalue weighted by atomic mass is 16.4. The van der Waals surface area contributed by atoms with E-state index in [0.29, 0.717) is 11.5 Å². The quantitative estimate of drug-likeness (QED) is 0.406. The molecule has 0 radical (unpaired) electrons. The molecule has 0 aromatic carbocycles. The highest BCUT2D eigenvalue weighted by molar-refractivity contribution is 5.83. The second kappa shape index (κ2) is 10.4. The third-order valence-corrected chi connectivity index (χ3v) is 5.29. The smallest absolute Gasteiger partial charge is 0.324 e. The largest absolute Gasteiger partial charge is 0.480 e. The molecule has 0 aliphatic heterocycles. The zero-order valence-corrected chi connectivity index (χ0v) is 17.1. The van der Waals surface area contributed by atoms with E-state index < -0.39 is 11.4 Å². The molecule has 0 bridgehead atoms. The summed E-state index contributed by atoms with van der Waals surface area (Å²) in [7, 11) is 0. The van der Waals surface area contributed by atoms with Crippen LogP contribution < -0.4 is 0 Å². The van der Waals surface area contributed by atoms with Crippen molar-refractivity contribution in [2.24, 2.45) is 0 Å². The Bertz CT molecular complexity index is 645. The Hall–Kier alpha value is -1.97. The van der Waals surface area contributed by atoms with Crippen molar-refractivity contribution in [1.29, 1.82) is 0 Å². The first kappa shape index (κ1) is 21.3. The topological polar surface area (TPSA) is 63.6 Å². The third kappa shape index (κ3) is 5.50. The first-order valence-electron chi connectivity index (χ1n) is 10.4. The summed E-state index contributed by atoms with van der Waals surface area (Å²) in [4.78, 5) is 12.1. The predicted molar refractivity (Wildman–Crippen MR) is 107 cm³/mol. The van der Waals surface area contributed by atoms with Crippen LogP contribution in [0.3, 0.4) is 0 Å². The van der Waals surface area contributed by atoms with Crippen LogP contribution >= 0.6 is 0 Å². The number of hydrogen-bond acceptors (Lipinski definition) is 3. The second-order valence-corrected chi connectivity index (χ2v) is 7.58. The molecule has 2 aromatic rings. The Morgan fingerprint density at radius 2 is 1.26 bits per heavy atom. The van der Waals surface area contributed by atoms with Gasteiger partial charge in [0.1, 0.15) is 23.0 Å². The van der Waals surface area contributed by atoms with Crippen LogP contribution in [0.4, 0.5) is 0 Å². The molecule has 0 spiro atoms. The molecule has 0 saturated heterocycles. The van der Waals surface area contributed by atoms with Gasteiger partial charge in [-0.2, -0.15) is 0 Å². The minimum atomic E-state index is -1.30. The lowest BCUT2D eigenvalue weighted by atomic mass is 9.85. The van der Waals surface area contributed by atoms with Crippen molar-refractivity contribution in [2.75, 3.05) is 0 Å². The minimum absolute atomic E-state index is 0.437. The van der Waals surface area contributed by atoms with Gasteiger partial charge in [-0.15, -0.1) is 0 Å². The molecule has 150 valence electrons. The van der Waals surface area contributed by atoms with Gasteiger partial charge in [-0.3, -0.25) is 4.79 Å². The predicted octanol–water partition coefficient (Wildman–Crippen LogP) is 6.51. The van der Waals surface area contributed by atoms with Crippen LogP contribution in [0.2, 0.25) is 0 Å². The average molecular weight is 375 g/mol. The number of carbonyl (C=O) groups is 1. The molecule has 0 aliphatic rings. The van der Waals surface area contributed by atoms with E-state index >= 15 is 0 Å². The SMILES string of the molecule is CCCCCCc1ccc(C(C)(C(=O)O)c2ccc(CCCCCC)o2)o1. The van der Waals surface area contributed by atoms with Crippen molar-refractivity contribution in [3.05, 3.63) is 47.3 Å². The summed E-state index contributed by atoms with van der Waals surface area (Å²) in [5.74, 6) is 1.61. The van der Waals surface area contributed by atoms with E-state index in [2.05, 4.69) is 13.8 Å². The van der Waals surface area contributed by atoms with Gasteiger partial charge in [0.25, 0.3) is 0 Å². The molecule has 1 N–H and O–H groups in total. The fourth-order valence-electron chi connectivity index (χ4n) is 3.35. The number of rotatable bonds is 13. The minimum Gasteiger partial charge on any atom is -0.480 e. The molecule has 0 saturated carbocycles. The van der Waals surface area contributed by atoms with Gasteiger partial charge >= 0.3 is 5.97 Å². The maximum absolute atomic E-state index is 12.1. The van der Waals surface area contributed by atoms with Gasteiger partial charge < -0.3 is 13.9 Å². The highest BCUT2D eigenvalue weighted by Crippen LogP contribution is 2.35. The van der Waals surface area contributed by atoms with E-state index in [9.17, 15) is 9.90 Å². The van der Waals surface area contributed by atoms with Crippen molar-refractivity contribution in [1.82, 2.24) is 0 Å². The number of unbranched alkanes of at least 4 members (excludes halogenated alkanes) is 6. The van der Waals surface area contributed by atoms with Gasteiger partial charge in [0.05, 0.1) is 0 Å². The molecular weight excluding hydrogens is 340 g/mol. The standard InChI is InChI=1S/C23H34O4/c1-4-6-8-10-12-18-14-16-20(26-18)23(3,22(24)25)21-17-15-19(27-21)13-11-9-7-5-2/h14-17H,4-13H2,1-3H3,(H,24,25). The van der Waals surface area contributed by atoms with Gasteiger partial charge in [0, 0.05) is 12.8 Å². The molecule has 2 aromatic heterocycles. The molecule has 2 rings (SSSR count). The van der Waals surface area contributed by atoms with Crippen molar-refractivity contribution in [2.45, 2.75) is 90.4 Å². The zero-order chi connectivity index (χ0) is 19.7. The average Bonchev–Trinajstić information content (AvgIpc) is 3.32. The van der Waals surface area contributed by atoms with E-state index in [1.165, 1.54) is 38.5 Å². The van der Waals surface area contributed by atoms with Crippen LogP contribution in [0.1, 0.15) is 95.2 Å². The summed E-state index contributed by atoms with van der Waals surface area (Å²) in [6.45, 7) is 6.03. The molecule has 0 aliphatic carbocycles. The second-order valence-electron chi connectivity index (χ2n) is 7.58. The molecule has 0 unspecified atom stereocenters. The molecule has 4 nitrogen and oxygen atoms in total. The summed E-state index contributed by atoms with van der Waals surface area (Å²) in [6, 6.07) is 7.37. The number of hydrogen-bond donors (Lipinski definition) is 1. The number of carboxylic acids is 1. The van der Waals surface area contributed by atoms with Crippen molar-refractivity contribution >= 4 is 5.97 Å². The number of aliphatic carboxylic acids is 1. The maximum Gasteiger partial charge on any atom is 0.324 e. The van der Waals surface area contributed by atoms with Crippen LogP contribution in [-0.4, -0.2) is 11.1 Å². The summed E-state index contributed by atoms with van der Waals surface area (Å²) in [6.07, 6.45) is 11.0. The van der Waals surface area contributed by atoms with Gasteiger partial charge in [0.2, 0.25) is 0 Å². The third-order valence-electron chi connectivity index (χ3n) is 5.29. The van der Waals surface area contributed by atoms with Gasteiger partial charge in [0.15, 0.2) is 5.41 Å². The lowest BCUT2D eigenvalue weighted by Gasteiger charge is -2.20. The highest BCUT2D eigenvalue weighted by Gasteiger charge is 2.43. The fourth-order valence-corrected chi connectivity index (χ4v) is 3.35. The Kier molecular flexibility index (Phi) is 8.21. The van der Waals surface area contributed by atoms with Crippen LogP contribution in [0.25, 0.3) is 0 Å². The summed E-state index contributed by atoms with van der Waals surface area (Å²) < 4.78 is 11.9. The van der Waals surface area contributed by atoms with Gasteiger partial charge in [-0.25, -0.2) is 0 Å². The van der Waals surface area contributed by atoms with Crippen LogP contribution in [-0.2, 0) is 23.1 Å². The molecule has 0 fully saturated rings. The van der Waals surface area contributed by atoms with E-state index in [-0.39, 0.29) is 0 Å². The molecule has 4 heteroatoms. The van der Waals surface area contributed by atoms with Crippen molar-refractivity contribution in [3.63, 3.8) is 0 Å². The van der Waals surface area contributed by atoms with Crippen molar-refractivity contribution < 1.29 is 18.7 Å². The van der Waals surface area contributed by atoms with Crippen LogP contribution in [0.15, 0.2) is 33.1 Å². The normalized spacial score (nSPS) is 11.8. The number of carboxylic acid groups (broad SMARTS) is 1. The molecule has 27 heavy (non-hydrogen) atoms.